The number of ether oxygens (including phenoxy) is 2. The fraction of sp³-hybridized carbons (Fsp3) is 0.462. The summed E-state index contributed by atoms with van der Waals surface area (Å²) in [7, 11) is 0. The third-order valence-corrected chi connectivity index (χ3v) is 2.71. The Morgan fingerprint density at radius 1 is 1.33 bits per heavy atom. The topological polar surface area (TPSA) is 55.8 Å². The molecule has 100 valence electrons. The lowest BCUT2D eigenvalue weighted by molar-refractivity contribution is -0.0163. The summed E-state index contributed by atoms with van der Waals surface area (Å²) in [6.07, 6.45) is 0. The van der Waals surface area contributed by atoms with Gasteiger partial charge in [0.2, 0.25) is 0 Å². The van der Waals surface area contributed by atoms with Crippen LogP contribution in [0.3, 0.4) is 0 Å². The highest BCUT2D eigenvalue weighted by molar-refractivity contribution is 9.10. The van der Waals surface area contributed by atoms with Crippen LogP contribution in [0, 0.1) is 0 Å². The highest BCUT2D eigenvalue weighted by Crippen LogP contribution is 2.23. The molecule has 0 radical (unpaired) electrons. The number of hydrogen-bond acceptors (Lipinski definition) is 3. The number of carbonyl (C=O) groups is 1. The first kappa shape index (κ1) is 15.0. The van der Waals surface area contributed by atoms with Gasteiger partial charge in [-0.25, -0.2) is 4.79 Å². The molecule has 0 bridgehead atoms. The van der Waals surface area contributed by atoms with E-state index in [2.05, 4.69) is 15.9 Å². The van der Waals surface area contributed by atoms with Gasteiger partial charge in [0.1, 0.15) is 12.4 Å². The number of carboxylic acids is 1. The summed E-state index contributed by atoms with van der Waals surface area (Å²) < 4.78 is 11.5. The molecule has 0 unspecified atom stereocenters. The maximum atomic E-state index is 10.8. The molecule has 0 fully saturated rings. The second-order valence-electron chi connectivity index (χ2n) is 4.76. The van der Waals surface area contributed by atoms with Crippen LogP contribution in [-0.2, 0) is 4.74 Å². The van der Waals surface area contributed by atoms with Gasteiger partial charge in [-0.2, -0.15) is 0 Å². The quantitative estimate of drug-likeness (QED) is 0.846. The Morgan fingerprint density at radius 2 is 2.00 bits per heavy atom. The smallest absolute Gasteiger partial charge is 0.336 e. The molecule has 1 N–H and O–H groups in total. The molecular formula is C13H17BrO4. The van der Waals surface area contributed by atoms with Gasteiger partial charge in [-0.15, -0.1) is 0 Å². The molecule has 5 heteroatoms. The molecule has 0 aromatic heterocycles. The van der Waals surface area contributed by atoms with Gasteiger partial charge in [0.15, 0.2) is 0 Å². The van der Waals surface area contributed by atoms with Crippen LogP contribution in [0.4, 0.5) is 0 Å². The van der Waals surface area contributed by atoms with E-state index in [9.17, 15) is 4.79 Å². The summed E-state index contributed by atoms with van der Waals surface area (Å²) in [5, 5.41) is 8.87. The lowest BCUT2D eigenvalue weighted by Crippen LogP contribution is -2.22. The molecule has 0 heterocycles. The Balaban J connectivity index is 2.49. The predicted octanol–water partition coefficient (Wildman–Crippen LogP) is 3.34. The zero-order chi connectivity index (χ0) is 13.8. The molecule has 18 heavy (non-hydrogen) atoms. The molecule has 0 atom stereocenters. The second-order valence-corrected chi connectivity index (χ2v) is 5.61. The summed E-state index contributed by atoms with van der Waals surface area (Å²) in [5.74, 6) is -0.353. The zero-order valence-electron chi connectivity index (χ0n) is 10.7. The summed E-state index contributed by atoms with van der Waals surface area (Å²) in [4.78, 5) is 10.8. The molecule has 0 aliphatic heterocycles. The fourth-order valence-corrected chi connectivity index (χ4v) is 1.79. The van der Waals surface area contributed by atoms with Crippen LogP contribution in [0.2, 0.25) is 0 Å². The van der Waals surface area contributed by atoms with E-state index in [4.69, 9.17) is 14.6 Å². The van der Waals surface area contributed by atoms with Gasteiger partial charge in [0, 0.05) is 4.47 Å². The number of halogens is 1. The third kappa shape index (κ3) is 5.06. The molecular weight excluding hydrogens is 300 g/mol. The van der Waals surface area contributed by atoms with Crippen LogP contribution in [-0.4, -0.2) is 29.9 Å². The van der Waals surface area contributed by atoms with Crippen LogP contribution >= 0.6 is 15.9 Å². The highest BCUT2D eigenvalue weighted by Gasteiger charge is 2.11. The molecule has 0 amide bonds. The van der Waals surface area contributed by atoms with Gasteiger partial charge in [0.25, 0.3) is 0 Å². The van der Waals surface area contributed by atoms with E-state index in [0.29, 0.717) is 23.4 Å². The van der Waals surface area contributed by atoms with Gasteiger partial charge in [-0.1, -0.05) is 0 Å². The molecule has 0 saturated carbocycles. The molecule has 0 spiro atoms. The first-order valence-electron chi connectivity index (χ1n) is 5.59. The molecule has 1 rings (SSSR count). The van der Waals surface area contributed by atoms with Crippen LogP contribution in [0.25, 0.3) is 0 Å². The first-order chi connectivity index (χ1) is 8.29. The minimum atomic E-state index is -0.968. The maximum absolute atomic E-state index is 10.8. The van der Waals surface area contributed by atoms with Crippen LogP contribution in [0.5, 0.6) is 5.75 Å². The average Bonchev–Trinajstić information content (AvgIpc) is 2.22. The molecule has 0 aliphatic carbocycles. The van der Waals surface area contributed by atoms with Gasteiger partial charge < -0.3 is 14.6 Å². The van der Waals surface area contributed by atoms with Crippen molar-refractivity contribution in [3.05, 3.63) is 28.2 Å². The van der Waals surface area contributed by atoms with Crippen molar-refractivity contribution >= 4 is 21.9 Å². The van der Waals surface area contributed by atoms with Crippen molar-refractivity contribution < 1.29 is 19.4 Å². The maximum Gasteiger partial charge on any atom is 0.336 e. The van der Waals surface area contributed by atoms with E-state index in [-0.39, 0.29) is 11.2 Å². The SMILES string of the molecule is CC(C)(C)OCCOc1ccc(C(=O)O)c(Br)c1. The molecule has 4 nitrogen and oxygen atoms in total. The van der Waals surface area contributed by atoms with Crippen molar-refractivity contribution in [3.8, 4) is 5.75 Å². The minimum absolute atomic E-state index is 0.183. The predicted molar refractivity (Wildman–Crippen MR) is 72.3 cm³/mol. The Bertz CT molecular complexity index is 423. The van der Waals surface area contributed by atoms with E-state index in [1.165, 1.54) is 6.07 Å². The average molecular weight is 317 g/mol. The summed E-state index contributed by atoms with van der Waals surface area (Å²) in [6, 6.07) is 4.78. The van der Waals surface area contributed by atoms with Crippen molar-refractivity contribution in [3.63, 3.8) is 0 Å². The fourth-order valence-electron chi connectivity index (χ4n) is 1.27. The molecule has 1 aromatic carbocycles. The van der Waals surface area contributed by atoms with E-state index in [0.717, 1.165) is 0 Å². The van der Waals surface area contributed by atoms with Crippen molar-refractivity contribution in [2.45, 2.75) is 26.4 Å². The Labute approximate surface area is 115 Å². The number of benzene rings is 1. The third-order valence-electron chi connectivity index (χ3n) is 2.06. The highest BCUT2D eigenvalue weighted by atomic mass is 79.9. The lowest BCUT2D eigenvalue weighted by Gasteiger charge is -2.19. The summed E-state index contributed by atoms with van der Waals surface area (Å²) >= 11 is 3.20. The summed E-state index contributed by atoms with van der Waals surface area (Å²) in [5.41, 5.74) is 0.0326. The van der Waals surface area contributed by atoms with Crippen LogP contribution < -0.4 is 4.74 Å². The van der Waals surface area contributed by atoms with Gasteiger partial charge in [-0.3, -0.25) is 0 Å². The van der Waals surface area contributed by atoms with E-state index in [1.54, 1.807) is 12.1 Å². The molecule has 0 saturated heterocycles. The van der Waals surface area contributed by atoms with Gasteiger partial charge in [-0.05, 0) is 54.9 Å². The Kier molecular flexibility index (Phi) is 5.16. The number of hydrogen-bond donors (Lipinski definition) is 1. The standard InChI is InChI=1S/C13H17BrO4/c1-13(2,3)18-7-6-17-9-4-5-10(12(15)16)11(14)8-9/h4-5,8H,6-7H2,1-3H3,(H,15,16). The number of aromatic carboxylic acids is 1. The van der Waals surface area contributed by atoms with Crippen molar-refractivity contribution in [2.24, 2.45) is 0 Å². The number of rotatable bonds is 5. The van der Waals surface area contributed by atoms with Gasteiger partial charge in [0.05, 0.1) is 17.8 Å². The normalized spacial score (nSPS) is 11.3. The number of carboxylic acid groups (broad SMARTS) is 1. The minimum Gasteiger partial charge on any atom is -0.491 e. The van der Waals surface area contributed by atoms with Crippen LogP contribution in [0.1, 0.15) is 31.1 Å². The van der Waals surface area contributed by atoms with Crippen molar-refractivity contribution in [2.75, 3.05) is 13.2 Å². The van der Waals surface area contributed by atoms with Gasteiger partial charge >= 0.3 is 5.97 Å². The van der Waals surface area contributed by atoms with Crippen LogP contribution in [0.15, 0.2) is 22.7 Å². The monoisotopic (exact) mass is 316 g/mol. The molecule has 0 aliphatic rings. The lowest BCUT2D eigenvalue weighted by atomic mass is 10.2. The Morgan fingerprint density at radius 3 is 2.50 bits per heavy atom. The Hall–Kier alpha value is -1.07. The van der Waals surface area contributed by atoms with Crippen molar-refractivity contribution in [1.82, 2.24) is 0 Å². The zero-order valence-corrected chi connectivity index (χ0v) is 12.3. The largest absolute Gasteiger partial charge is 0.491 e. The molecule has 1 aromatic rings. The first-order valence-corrected chi connectivity index (χ1v) is 6.38. The van der Waals surface area contributed by atoms with Crippen molar-refractivity contribution in [1.29, 1.82) is 0 Å². The second kappa shape index (κ2) is 6.20. The van der Waals surface area contributed by atoms with E-state index in [1.807, 2.05) is 20.8 Å². The summed E-state index contributed by atoms with van der Waals surface area (Å²) in [6.45, 7) is 6.85. The van der Waals surface area contributed by atoms with E-state index < -0.39 is 5.97 Å². The van der Waals surface area contributed by atoms with E-state index >= 15 is 0 Å².